The van der Waals surface area contributed by atoms with E-state index in [0.29, 0.717) is 18.7 Å². The van der Waals surface area contributed by atoms with Crippen LogP contribution in [0.2, 0.25) is 0 Å². The maximum absolute atomic E-state index is 12.7. The fourth-order valence-electron chi connectivity index (χ4n) is 4.60. The number of aromatic nitrogens is 1. The third kappa shape index (κ3) is 5.22. The molecule has 1 amide bonds. The fourth-order valence-corrected chi connectivity index (χ4v) is 4.60. The molecule has 1 aliphatic rings. The maximum atomic E-state index is 12.7. The summed E-state index contributed by atoms with van der Waals surface area (Å²) in [6.07, 6.45) is 1.54. The predicted molar refractivity (Wildman–Crippen MR) is 139 cm³/mol. The van der Waals surface area contributed by atoms with E-state index in [-0.39, 0.29) is 17.6 Å². The number of anilines is 1. The van der Waals surface area contributed by atoms with Gasteiger partial charge < -0.3 is 20.1 Å². The van der Waals surface area contributed by atoms with Crippen LogP contribution in [-0.2, 0) is 4.79 Å². The molecule has 0 atom stereocenters. The summed E-state index contributed by atoms with van der Waals surface area (Å²) < 4.78 is 6.00. The molecule has 6 heteroatoms. The Kier molecular flexibility index (Phi) is 6.80. The van der Waals surface area contributed by atoms with Crippen molar-refractivity contribution in [3.05, 3.63) is 84.9 Å². The first-order valence-electron chi connectivity index (χ1n) is 12.1. The van der Waals surface area contributed by atoms with E-state index in [1.54, 1.807) is 6.07 Å². The van der Waals surface area contributed by atoms with E-state index in [0.717, 1.165) is 54.0 Å². The van der Waals surface area contributed by atoms with Gasteiger partial charge in [0.2, 0.25) is 5.91 Å². The SMILES string of the molecule is O=C(NCCOc1ccccc1-c1ccccc1)C1CCN(c2ccc3cccc(O)c3n2)CC1. The number of phenolic OH excluding ortho intramolecular Hbond substituents is 1. The molecule has 0 saturated carbocycles. The molecule has 0 aliphatic carbocycles. The van der Waals surface area contributed by atoms with Gasteiger partial charge in [-0.3, -0.25) is 4.79 Å². The number of hydrogen-bond acceptors (Lipinski definition) is 5. The number of amides is 1. The topological polar surface area (TPSA) is 74.7 Å². The number of phenols is 1. The van der Waals surface area contributed by atoms with E-state index in [1.807, 2.05) is 66.7 Å². The number of aromatic hydroxyl groups is 1. The summed E-state index contributed by atoms with van der Waals surface area (Å²) in [4.78, 5) is 19.6. The van der Waals surface area contributed by atoms with Gasteiger partial charge in [0.05, 0.1) is 6.54 Å². The van der Waals surface area contributed by atoms with Crippen LogP contribution >= 0.6 is 0 Å². The average Bonchev–Trinajstić information content (AvgIpc) is 2.92. The van der Waals surface area contributed by atoms with Crippen molar-refractivity contribution in [2.75, 3.05) is 31.1 Å². The van der Waals surface area contributed by atoms with Gasteiger partial charge in [0, 0.05) is 30.0 Å². The van der Waals surface area contributed by atoms with Crippen molar-refractivity contribution in [3.63, 3.8) is 0 Å². The maximum Gasteiger partial charge on any atom is 0.223 e. The summed E-state index contributed by atoms with van der Waals surface area (Å²) in [5.41, 5.74) is 2.76. The summed E-state index contributed by atoms with van der Waals surface area (Å²) >= 11 is 0. The monoisotopic (exact) mass is 467 g/mol. The van der Waals surface area contributed by atoms with Gasteiger partial charge in [0.25, 0.3) is 0 Å². The zero-order valence-electron chi connectivity index (χ0n) is 19.6. The number of pyridine rings is 1. The number of fused-ring (bicyclic) bond motifs is 1. The Labute approximate surface area is 205 Å². The molecular weight excluding hydrogens is 438 g/mol. The number of carbonyl (C=O) groups is 1. The molecule has 1 fully saturated rings. The zero-order valence-corrected chi connectivity index (χ0v) is 19.6. The molecule has 35 heavy (non-hydrogen) atoms. The summed E-state index contributed by atoms with van der Waals surface area (Å²) in [5, 5.41) is 14.1. The highest BCUT2D eigenvalue weighted by Crippen LogP contribution is 2.30. The molecule has 1 aliphatic heterocycles. The molecule has 3 aromatic carbocycles. The molecule has 0 bridgehead atoms. The molecule has 1 aromatic heterocycles. The summed E-state index contributed by atoms with van der Waals surface area (Å²) in [5.74, 6) is 1.90. The number of carbonyl (C=O) groups excluding carboxylic acids is 1. The van der Waals surface area contributed by atoms with Crippen LogP contribution in [0.5, 0.6) is 11.5 Å². The van der Waals surface area contributed by atoms with Gasteiger partial charge in [0.15, 0.2) is 0 Å². The number of rotatable bonds is 7. The first-order valence-corrected chi connectivity index (χ1v) is 12.1. The van der Waals surface area contributed by atoms with Crippen molar-refractivity contribution in [3.8, 4) is 22.6 Å². The van der Waals surface area contributed by atoms with E-state index in [9.17, 15) is 9.90 Å². The smallest absolute Gasteiger partial charge is 0.223 e. The van der Waals surface area contributed by atoms with Gasteiger partial charge in [-0.15, -0.1) is 0 Å². The van der Waals surface area contributed by atoms with Crippen molar-refractivity contribution in [2.24, 2.45) is 5.92 Å². The minimum atomic E-state index is -0.0169. The summed E-state index contributed by atoms with van der Waals surface area (Å²) in [6, 6.07) is 27.5. The minimum absolute atomic E-state index is 0.0169. The van der Waals surface area contributed by atoms with Crippen LogP contribution in [0.15, 0.2) is 84.9 Å². The number of benzene rings is 3. The lowest BCUT2D eigenvalue weighted by Gasteiger charge is -2.32. The van der Waals surface area contributed by atoms with Crippen LogP contribution in [-0.4, -0.2) is 42.2 Å². The number of ether oxygens (including phenoxy) is 1. The predicted octanol–water partition coefficient (Wildman–Crippen LogP) is 5.02. The molecule has 6 nitrogen and oxygen atoms in total. The van der Waals surface area contributed by atoms with Crippen molar-refractivity contribution in [1.29, 1.82) is 0 Å². The second-order valence-corrected chi connectivity index (χ2v) is 8.78. The molecule has 178 valence electrons. The third-order valence-corrected chi connectivity index (χ3v) is 6.50. The van der Waals surface area contributed by atoms with Crippen LogP contribution in [0.3, 0.4) is 0 Å². The first-order chi connectivity index (χ1) is 17.2. The van der Waals surface area contributed by atoms with Gasteiger partial charge in [0.1, 0.15) is 29.4 Å². The molecule has 0 spiro atoms. The number of para-hydroxylation sites is 2. The molecule has 1 saturated heterocycles. The van der Waals surface area contributed by atoms with Gasteiger partial charge in [-0.1, -0.05) is 60.7 Å². The van der Waals surface area contributed by atoms with Crippen molar-refractivity contribution >= 4 is 22.6 Å². The van der Waals surface area contributed by atoms with E-state index in [2.05, 4.69) is 27.3 Å². The van der Waals surface area contributed by atoms with E-state index >= 15 is 0 Å². The average molecular weight is 468 g/mol. The lowest BCUT2D eigenvalue weighted by molar-refractivity contribution is -0.125. The Morgan fingerprint density at radius 2 is 1.71 bits per heavy atom. The Bertz CT molecular complexity index is 1300. The number of hydrogen-bond donors (Lipinski definition) is 2. The van der Waals surface area contributed by atoms with Gasteiger partial charge in [-0.2, -0.15) is 0 Å². The zero-order chi connectivity index (χ0) is 24.0. The van der Waals surface area contributed by atoms with Crippen molar-refractivity contribution < 1.29 is 14.6 Å². The van der Waals surface area contributed by atoms with Crippen LogP contribution in [0.4, 0.5) is 5.82 Å². The fraction of sp³-hybridized carbons (Fsp3) is 0.241. The Hall–Kier alpha value is -4.06. The van der Waals surface area contributed by atoms with Crippen LogP contribution in [0.25, 0.3) is 22.0 Å². The molecule has 4 aromatic rings. The van der Waals surface area contributed by atoms with E-state index in [1.165, 1.54) is 0 Å². The first kappa shape index (κ1) is 22.7. The van der Waals surface area contributed by atoms with Crippen LogP contribution in [0, 0.1) is 5.92 Å². The minimum Gasteiger partial charge on any atom is -0.506 e. The highest BCUT2D eigenvalue weighted by atomic mass is 16.5. The molecule has 0 unspecified atom stereocenters. The molecule has 2 heterocycles. The highest BCUT2D eigenvalue weighted by Gasteiger charge is 2.25. The third-order valence-electron chi connectivity index (χ3n) is 6.50. The Balaban J connectivity index is 1.10. The Morgan fingerprint density at radius 1 is 0.943 bits per heavy atom. The van der Waals surface area contributed by atoms with E-state index in [4.69, 9.17) is 4.74 Å². The number of nitrogens with one attached hydrogen (secondary N) is 1. The molecule has 0 radical (unpaired) electrons. The summed E-state index contributed by atoms with van der Waals surface area (Å²) in [6.45, 7) is 2.39. The number of piperidine rings is 1. The standard InChI is InChI=1S/C29H29N3O3/c33-25-11-6-9-22-13-14-27(31-28(22)25)32-18-15-23(16-19-32)29(34)30-17-20-35-26-12-5-4-10-24(26)21-7-2-1-3-8-21/h1-14,23,33H,15-20H2,(H,30,34). The van der Waals surface area contributed by atoms with E-state index < -0.39 is 0 Å². The molecular formula is C29H29N3O3. The van der Waals surface area contributed by atoms with Gasteiger partial charge in [-0.05, 0) is 42.7 Å². The molecule has 5 rings (SSSR count). The van der Waals surface area contributed by atoms with Gasteiger partial charge >= 0.3 is 0 Å². The normalized spacial score (nSPS) is 14.1. The lowest BCUT2D eigenvalue weighted by Crippen LogP contribution is -2.41. The quantitative estimate of drug-likeness (QED) is 0.374. The Morgan fingerprint density at radius 3 is 2.54 bits per heavy atom. The highest BCUT2D eigenvalue weighted by molar-refractivity contribution is 5.85. The number of nitrogens with zero attached hydrogens (tertiary/aromatic N) is 2. The largest absolute Gasteiger partial charge is 0.506 e. The van der Waals surface area contributed by atoms with Crippen molar-refractivity contribution in [2.45, 2.75) is 12.8 Å². The summed E-state index contributed by atoms with van der Waals surface area (Å²) in [7, 11) is 0. The second-order valence-electron chi connectivity index (χ2n) is 8.78. The van der Waals surface area contributed by atoms with Crippen molar-refractivity contribution in [1.82, 2.24) is 10.3 Å². The second kappa shape index (κ2) is 10.5. The van der Waals surface area contributed by atoms with Crippen LogP contribution in [0.1, 0.15) is 12.8 Å². The molecule has 2 N–H and O–H groups in total. The van der Waals surface area contributed by atoms with Crippen LogP contribution < -0.4 is 15.0 Å². The lowest BCUT2D eigenvalue weighted by atomic mass is 9.96. The van der Waals surface area contributed by atoms with Gasteiger partial charge in [-0.25, -0.2) is 4.98 Å².